The van der Waals surface area contributed by atoms with Gasteiger partial charge in [-0.25, -0.2) is 0 Å². The van der Waals surface area contributed by atoms with Gasteiger partial charge in [-0.05, 0) is 37.0 Å². The highest BCUT2D eigenvalue weighted by molar-refractivity contribution is 5.21. The Labute approximate surface area is 51.3 Å². The van der Waals surface area contributed by atoms with E-state index in [1.807, 2.05) is 0 Å². The number of fused-ring (bicyclic) bond motifs is 1. The van der Waals surface area contributed by atoms with Crippen LogP contribution in [0.25, 0.3) is 0 Å². The minimum Gasteiger partial charge on any atom is -0.0651 e. The highest BCUT2D eigenvalue weighted by Crippen LogP contribution is 2.79. The van der Waals surface area contributed by atoms with Crippen molar-refractivity contribution in [3.8, 4) is 0 Å². The molecule has 0 aromatic heterocycles. The zero-order valence-corrected chi connectivity index (χ0v) is 5.48. The van der Waals surface area contributed by atoms with Gasteiger partial charge in [0.25, 0.3) is 0 Å². The van der Waals surface area contributed by atoms with Crippen molar-refractivity contribution in [1.29, 1.82) is 0 Å². The molecule has 8 heavy (non-hydrogen) atoms. The third kappa shape index (κ3) is 0.375. The summed E-state index contributed by atoms with van der Waals surface area (Å²) in [5.41, 5.74) is 0.814. The molecule has 0 heterocycles. The Balaban J connectivity index is 1.97. The lowest BCUT2D eigenvalue weighted by atomic mass is 9.96. The van der Waals surface area contributed by atoms with Crippen LogP contribution >= 0.6 is 0 Å². The van der Waals surface area contributed by atoms with Gasteiger partial charge in [0.2, 0.25) is 0 Å². The molecule has 0 heteroatoms. The maximum Gasteiger partial charge on any atom is -0.0235 e. The van der Waals surface area contributed by atoms with Gasteiger partial charge in [-0.2, -0.15) is 0 Å². The van der Waals surface area contributed by atoms with Crippen molar-refractivity contribution in [2.45, 2.75) is 26.2 Å². The summed E-state index contributed by atoms with van der Waals surface area (Å²) in [7, 11) is 0. The topological polar surface area (TPSA) is 0 Å². The summed E-state index contributed by atoms with van der Waals surface area (Å²) in [6, 6.07) is 0. The lowest BCUT2D eigenvalue weighted by Crippen LogP contribution is -2.00. The van der Waals surface area contributed by atoms with Crippen LogP contribution in [0, 0.1) is 24.2 Å². The third-order valence-electron chi connectivity index (χ3n) is 3.05. The monoisotopic (exact) mass is 109 g/mol. The first-order valence-electron chi connectivity index (χ1n) is 3.62. The molecule has 0 bridgehead atoms. The number of hydrogen-bond donors (Lipinski definition) is 0. The van der Waals surface area contributed by atoms with E-state index in [2.05, 4.69) is 13.8 Å². The predicted molar refractivity (Wildman–Crippen MR) is 34.3 cm³/mol. The van der Waals surface area contributed by atoms with Gasteiger partial charge in [0, 0.05) is 0 Å². The van der Waals surface area contributed by atoms with Gasteiger partial charge < -0.3 is 0 Å². The fourth-order valence-corrected chi connectivity index (χ4v) is 1.81. The molecule has 0 spiro atoms. The Morgan fingerprint density at radius 2 is 2.25 bits per heavy atom. The van der Waals surface area contributed by atoms with E-state index in [9.17, 15) is 0 Å². The fraction of sp³-hybridized carbons (Fsp3) is 0.875. The summed E-state index contributed by atoms with van der Waals surface area (Å²) in [6.45, 7) is 6.38. The van der Waals surface area contributed by atoms with E-state index < -0.39 is 0 Å². The molecule has 0 N–H and O–H groups in total. The summed E-state index contributed by atoms with van der Waals surface area (Å²) < 4.78 is 0. The molecule has 0 aliphatic heterocycles. The normalized spacial score (nSPS) is 52.5. The van der Waals surface area contributed by atoms with Crippen LogP contribution in [0.1, 0.15) is 26.2 Å². The molecule has 2 saturated carbocycles. The standard InChI is InChI=1S/C8H13/c1-3-6(2)8-4-7(8)5-8/h6-7H,2-5H2,1H3. The molecule has 2 rings (SSSR count). The van der Waals surface area contributed by atoms with Gasteiger partial charge in [-0.1, -0.05) is 13.3 Å². The quantitative estimate of drug-likeness (QED) is 0.510. The van der Waals surface area contributed by atoms with Crippen LogP contribution in [0.15, 0.2) is 0 Å². The zero-order chi connectivity index (χ0) is 5.78. The first kappa shape index (κ1) is 4.84. The molecular weight excluding hydrogens is 96.1 g/mol. The van der Waals surface area contributed by atoms with Gasteiger partial charge in [0.05, 0.1) is 0 Å². The van der Waals surface area contributed by atoms with E-state index in [4.69, 9.17) is 0 Å². The van der Waals surface area contributed by atoms with Crippen LogP contribution < -0.4 is 0 Å². The van der Waals surface area contributed by atoms with Crippen molar-refractivity contribution in [1.82, 2.24) is 0 Å². The highest BCUT2D eigenvalue weighted by Gasteiger charge is 2.70. The Morgan fingerprint density at radius 1 is 1.75 bits per heavy atom. The molecular formula is C8H13. The van der Waals surface area contributed by atoms with Gasteiger partial charge in [0.1, 0.15) is 0 Å². The Kier molecular flexibility index (Phi) is 0.678. The van der Waals surface area contributed by atoms with E-state index in [1.54, 1.807) is 0 Å². The largest absolute Gasteiger partial charge is 0.0651 e. The summed E-state index contributed by atoms with van der Waals surface area (Å²) in [4.78, 5) is 0. The molecule has 0 aromatic carbocycles. The molecule has 0 aromatic rings. The molecule has 2 aliphatic carbocycles. The Bertz CT molecular complexity index is 109. The van der Waals surface area contributed by atoms with Crippen molar-refractivity contribution in [3.63, 3.8) is 0 Å². The number of rotatable bonds is 2. The van der Waals surface area contributed by atoms with Gasteiger partial charge >= 0.3 is 0 Å². The summed E-state index contributed by atoms with van der Waals surface area (Å²) in [6.07, 6.45) is 4.31. The average Bonchev–Trinajstić information content (AvgIpc) is 2.45. The van der Waals surface area contributed by atoms with Crippen LogP contribution in [0.5, 0.6) is 0 Å². The predicted octanol–water partition coefficient (Wildman–Crippen LogP) is 2.26. The van der Waals surface area contributed by atoms with E-state index in [0.29, 0.717) is 0 Å². The van der Waals surface area contributed by atoms with Crippen LogP contribution in [0.2, 0.25) is 0 Å². The van der Waals surface area contributed by atoms with Gasteiger partial charge in [0.15, 0.2) is 0 Å². The molecule has 0 saturated heterocycles. The molecule has 2 aliphatic rings. The average molecular weight is 109 g/mol. The van der Waals surface area contributed by atoms with Crippen molar-refractivity contribution in [2.24, 2.45) is 17.3 Å². The smallest absolute Gasteiger partial charge is 0.0235 e. The van der Waals surface area contributed by atoms with Crippen molar-refractivity contribution >= 4 is 0 Å². The van der Waals surface area contributed by atoms with Crippen LogP contribution in [0.3, 0.4) is 0 Å². The molecule has 0 amide bonds. The van der Waals surface area contributed by atoms with Crippen LogP contribution in [0.4, 0.5) is 0 Å². The van der Waals surface area contributed by atoms with E-state index >= 15 is 0 Å². The lowest BCUT2D eigenvalue weighted by Gasteiger charge is -2.09. The van der Waals surface area contributed by atoms with E-state index in [1.165, 1.54) is 19.3 Å². The second-order valence-corrected chi connectivity index (χ2v) is 3.44. The van der Waals surface area contributed by atoms with Gasteiger partial charge in [-0.3, -0.25) is 0 Å². The maximum atomic E-state index is 4.13. The molecule has 1 atom stereocenters. The first-order valence-corrected chi connectivity index (χ1v) is 3.62. The summed E-state index contributed by atoms with van der Waals surface area (Å²) in [5, 5.41) is 0. The highest BCUT2D eigenvalue weighted by atomic mass is 14.8. The second kappa shape index (κ2) is 1.12. The van der Waals surface area contributed by atoms with Crippen molar-refractivity contribution < 1.29 is 0 Å². The first-order chi connectivity index (χ1) is 3.79. The van der Waals surface area contributed by atoms with Crippen LogP contribution in [-0.2, 0) is 0 Å². The SMILES string of the molecule is [CH2]C(CC)C12CC1C2. The molecule has 1 radical (unpaired) electrons. The zero-order valence-electron chi connectivity index (χ0n) is 5.48. The molecule has 45 valence electrons. The van der Waals surface area contributed by atoms with Crippen molar-refractivity contribution in [3.05, 3.63) is 6.92 Å². The third-order valence-corrected chi connectivity index (χ3v) is 3.05. The Morgan fingerprint density at radius 3 is 2.38 bits per heavy atom. The maximum absolute atomic E-state index is 4.13. The van der Waals surface area contributed by atoms with E-state index in [-0.39, 0.29) is 0 Å². The van der Waals surface area contributed by atoms with Crippen LogP contribution in [-0.4, -0.2) is 0 Å². The van der Waals surface area contributed by atoms with Crippen molar-refractivity contribution in [2.75, 3.05) is 0 Å². The molecule has 2 fully saturated rings. The molecule has 0 nitrogen and oxygen atoms in total. The second-order valence-electron chi connectivity index (χ2n) is 3.44. The number of hydrogen-bond acceptors (Lipinski definition) is 0. The minimum atomic E-state index is 0.785. The molecule has 1 unspecified atom stereocenters. The van der Waals surface area contributed by atoms with Gasteiger partial charge in [-0.15, -0.1) is 0 Å². The summed E-state index contributed by atoms with van der Waals surface area (Å²) in [5.74, 6) is 1.91. The summed E-state index contributed by atoms with van der Waals surface area (Å²) >= 11 is 0. The minimum absolute atomic E-state index is 0.785. The lowest BCUT2D eigenvalue weighted by molar-refractivity contribution is 0.449. The Hall–Kier alpha value is 0. The van der Waals surface area contributed by atoms with E-state index in [0.717, 1.165) is 17.3 Å². The fourth-order valence-electron chi connectivity index (χ4n) is 1.81.